The van der Waals surface area contributed by atoms with Crippen LogP contribution in [0.25, 0.3) is 6.08 Å². The number of carbonyl (C=O) groups excluding carboxylic acids is 1. The van der Waals surface area contributed by atoms with Gasteiger partial charge in [0.15, 0.2) is 5.78 Å². The Kier molecular flexibility index (Phi) is 5.69. The van der Waals surface area contributed by atoms with Crippen molar-refractivity contribution in [1.29, 1.82) is 0 Å². The van der Waals surface area contributed by atoms with Crippen LogP contribution in [0.2, 0.25) is 5.02 Å². The van der Waals surface area contributed by atoms with E-state index in [0.717, 1.165) is 0 Å². The highest BCUT2D eigenvalue weighted by molar-refractivity contribution is 9.10. The zero-order valence-corrected chi connectivity index (χ0v) is 14.8. The summed E-state index contributed by atoms with van der Waals surface area (Å²) in [5, 5.41) is 10.0. The lowest BCUT2D eigenvalue weighted by atomic mass is 10.1. The van der Waals surface area contributed by atoms with Crippen LogP contribution in [-0.4, -0.2) is 25.1 Å². The van der Waals surface area contributed by atoms with Crippen molar-refractivity contribution < 1.29 is 19.4 Å². The molecule has 0 heterocycles. The van der Waals surface area contributed by atoms with Gasteiger partial charge in [-0.25, -0.2) is 0 Å². The van der Waals surface area contributed by atoms with Crippen LogP contribution in [0.1, 0.15) is 15.9 Å². The van der Waals surface area contributed by atoms with Crippen molar-refractivity contribution in [3.05, 3.63) is 57.0 Å². The van der Waals surface area contributed by atoms with Gasteiger partial charge in [-0.05, 0) is 42.5 Å². The summed E-state index contributed by atoms with van der Waals surface area (Å²) in [5.41, 5.74) is 0.795. The quantitative estimate of drug-likeness (QED) is 0.586. The third-order valence-electron chi connectivity index (χ3n) is 3.14. The molecule has 23 heavy (non-hydrogen) atoms. The molecule has 0 amide bonds. The van der Waals surface area contributed by atoms with Crippen molar-refractivity contribution >= 4 is 39.4 Å². The number of ketones is 1. The second-order valence-corrected chi connectivity index (χ2v) is 5.91. The fourth-order valence-electron chi connectivity index (χ4n) is 1.98. The van der Waals surface area contributed by atoms with Gasteiger partial charge in [0.25, 0.3) is 0 Å². The summed E-state index contributed by atoms with van der Waals surface area (Å²) in [5.74, 6) is 0.621. The highest BCUT2D eigenvalue weighted by Crippen LogP contribution is 2.32. The van der Waals surface area contributed by atoms with Crippen molar-refractivity contribution in [2.24, 2.45) is 0 Å². The number of benzene rings is 2. The normalized spacial score (nSPS) is 10.8. The molecule has 0 unspecified atom stereocenters. The van der Waals surface area contributed by atoms with E-state index in [1.165, 1.54) is 18.2 Å². The van der Waals surface area contributed by atoms with E-state index in [1.54, 1.807) is 38.5 Å². The molecule has 2 aromatic carbocycles. The van der Waals surface area contributed by atoms with Crippen molar-refractivity contribution in [1.82, 2.24) is 0 Å². The Morgan fingerprint density at radius 1 is 1.22 bits per heavy atom. The highest BCUT2D eigenvalue weighted by Gasteiger charge is 2.13. The third kappa shape index (κ3) is 4.06. The van der Waals surface area contributed by atoms with Crippen LogP contribution in [0.5, 0.6) is 17.2 Å². The molecule has 2 rings (SSSR count). The molecule has 1 N–H and O–H groups in total. The minimum Gasteiger partial charge on any atom is -0.506 e. The summed E-state index contributed by atoms with van der Waals surface area (Å²) in [6.45, 7) is 0. The second kappa shape index (κ2) is 7.53. The van der Waals surface area contributed by atoms with E-state index in [9.17, 15) is 9.90 Å². The predicted octanol–water partition coefficient (Wildman–Crippen LogP) is 4.72. The van der Waals surface area contributed by atoms with Gasteiger partial charge < -0.3 is 14.6 Å². The van der Waals surface area contributed by atoms with Crippen LogP contribution in [0.4, 0.5) is 0 Å². The number of rotatable bonds is 5. The zero-order chi connectivity index (χ0) is 17.0. The molecule has 0 saturated carbocycles. The van der Waals surface area contributed by atoms with Gasteiger partial charge in [-0.3, -0.25) is 4.79 Å². The molecule has 0 spiro atoms. The molecule has 120 valence electrons. The largest absolute Gasteiger partial charge is 0.506 e. The standard InChI is InChI=1S/C17H14BrClO4/c1-22-12-4-6-16(23-2)10(7-12)3-5-15(20)13-8-11(18)9-14(19)17(13)21/h3-9,21H,1-2H3. The predicted molar refractivity (Wildman–Crippen MR) is 93.7 cm³/mol. The smallest absolute Gasteiger partial charge is 0.189 e. The Hall–Kier alpha value is -1.98. The zero-order valence-electron chi connectivity index (χ0n) is 12.5. The maximum Gasteiger partial charge on any atom is 0.189 e. The molecule has 0 aliphatic carbocycles. The fourth-order valence-corrected chi connectivity index (χ4v) is 2.79. The molecule has 6 heteroatoms. The first-order chi connectivity index (χ1) is 11.0. The molecule has 0 fully saturated rings. The van der Waals surface area contributed by atoms with Crippen molar-refractivity contribution in [2.75, 3.05) is 14.2 Å². The summed E-state index contributed by atoms with van der Waals surface area (Å²) in [7, 11) is 3.10. The van der Waals surface area contributed by atoms with E-state index in [4.69, 9.17) is 21.1 Å². The van der Waals surface area contributed by atoms with Gasteiger partial charge in [-0.1, -0.05) is 27.5 Å². The number of halogens is 2. The first-order valence-electron chi connectivity index (χ1n) is 6.58. The molecule has 0 aliphatic rings. The van der Waals surface area contributed by atoms with Gasteiger partial charge in [0.1, 0.15) is 17.2 Å². The second-order valence-electron chi connectivity index (χ2n) is 4.59. The fraction of sp³-hybridized carbons (Fsp3) is 0.118. The Balaban J connectivity index is 2.35. The van der Waals surface area contributed by atoms with Gasteiger partial charge in [-0.2, -0.15) is 0 Å². The lowest BCUT2D eigenvalue weighted by Gasteiger charge is -2.07. The van der Waals surface area contributed by atoms with Crippen LogP contribution in [0, 0.1) is 0 Å². The number of aromatic hydroxyl groups is 1. The lowest BCUT2D eigenvalue weighted by molar-refractivity contribution is 0.104. The lowest BCUT2D eigenvalue weighted by Crippen LogP contribution is -1.96. The molecule has 0 aliphatic heterocycles. The maximum absolute atomic E-state index is 12.3. The number of phenols is 1. The molecule has 0 bridgehead atoms. The number of carbonyl (C=O) groups is 1. The van der Waals surface area contributed by atoms with Crippen molar-refractivity contribution in [3.8, 4) is 17.2 Å². The third-order valence-corrected chi connectivity index (χ3v) is 3.89. The van der Waals surface area contributed by atoms with Gasteiger partial charge in [-0.15, -0.1) is 0 Å². The van der Waals surface area contributed by atoms with Crippen LogP contribution >= 0.6 is 27.5 Å². The van der Waals surface area contributed by atoms with E-state index >= 15 is 0 Å². The Labute approximate surface area is 147 Å². The Morgan fingerprint density at radius 2 is 1.96 bits per heavy atom. The molecule has 4 nitrogen and oxygen atoms in total. The molecule has 0 saturated heterocycles. The van der Waals surface area contributed by atoms with Gasteiger partial charge in [0.2, 0.25) is 0 Å². The van der Waals surface area contributed by atoms with E-state index in [0.29, 0.717) is 21.5 Å². The van der Waals surface area contributed by atoms with E-state index in [-0.39, 0.29) is 22.1 Å². The number of allylic oxidation sites excluding steroid dienone is 1. The number of ether oxygens (including phenoxy) is 2. The summed E-state index contributed by atoms with van der Waals surface area (Å²) >= 11 is 9.12. The number of phenolic OH excluding ortho intramolecular Hbond substituents is 1. The van der Waals surface area contributed by atoms with Gasteiger partial charge in [0.05, 0.1) is 24.8 Å². The average molecular weight is 398 g/mol. The SMILES string of the molecule is COc1ccc(OC)c(C=CC(=O)c2cc(Br)cc(Cl)c2O)c1. The van der Waals surface area contributed by atoms with Gasteiger partial charge in [0, 0.05) is 10.0 Å². The molecule has 0 aromatic heterocycles. The summed E-state index contributed by atoms with van der Waals surface area (Å²) in [6.07, 6.45) is 2.94. The van der Waals surface area contributed by atoms with Crippen LogP contribution < -0.4 is 9.47 Å². The molecular formula is C17H14BrClO4. The van der Waals surface area contributed by atoms with Crippen LogP contribution in [0.15, 0.2) is 40.9 Å². The molecule has 2 aromatic rings. The summed E-state index contributed by atoms with van der Waals surface area (Å²) in [4.78, 5) is 12.3. The first kappa shape index (κ1) is 17.4. The Morgan fingerprint density at radius 3 is 2.61 bits per heavy atom. The summed E-state index contributed by atoms with van der Waals surface area (Å²) < 4.78 is 11.0. The van der Waals surface area contributed by atoms with Crippen molar-refractivity contribution in [2.45, 2.75) is 0 Å². The van der Waals surface area contributed by atoms with E-state index in [1.807, 2.05) is 0 Å². The maximum atomic E-state index is 12.3. The minimum atomic E-state index is -0.379. The topological polar surface area (TPSA) is 55.8 Å². The highest BCUT2D eigenvalue weighted by atomic mass is 79.9. The van der Waals surface area contributed by atoms with Crippen LogP contribution in [0.3, 0.4) is 0 Å². The van der Waals surface area contributed by atoms with Gasteiger partial charge >= 0.3 is 0 Å². The number of hydrogen-bond acceptors (Lipinski definition) is 4. The average Bonchev–Trinajstić information content (AvgIpc) is 2.55. The first-order valence-corrected chi connectivity index (χ1v) is 7.75. The van der Waals surface area contributed by atoms with E-state index in [2.05, 4.69) is 15.9 Å². The number of methoxy groups -OCH3 is 2. The van der Waals surface area contributed by atoms with E-state index < -0.39 is 0 Å². The number of hydrogen-bond donors (Lipinski definition) is 1. The Bertz CT molecular complexity index is 771. The molecule has 0 atom stereocenters. The monoisotopic (exact) mass is 396 g/mol. The molecule has 0 radical (unpaired) electrons. The summed E-state index contributed by atoms with van der Waals surface area (Å²) in [6, 6.07) is 8.28. The van der Waals surface area contributed by atoms with Crippen molar-refractivity contribution in [3.63, 3.8) is 0 Å². The van der Waals surface area contributed by atoms with Crippen LogP contribution in [-0.2, 0) is 0 Å². The molecular weight excluding hydrogens is 384 g/mol. The minimum absolute atomic E-state index is 0.107.